The van der Waals surface area contributed by atoms with Crippen LogP contribution >= 0.6 is 0 Å². The summed E-state index contributed by atoms with van der Waals surface area (Å²) in [5, 5.41) is 0. The summed E-state index contributed by atoms with van der Waals surface area (Å²) >= 11 is 0. The fraction of sp³-hybridized carbons (Fsp3) is 0. The van der Waals surface area contributed by atoms with Gasteiger partial charge < -0.3 is 0 Å². The summed E-state index contributed by atoms with van der Waals surface area (Å²) in [6.45, 7) is 0. The molecule has 3 rings (SSSR count). The molecule has 1 nitrogen and oxygen atoms in total. The van der Waals surface area contributed by atoms with Gasteiger partial charge in [0.15, 0.2) is 0 Å². The van der Waals surface area contributed by atoms with Gasteiger partial charge in [0, 0.05) is 36.5 Å². The van der Waals surface area contributed by atoms with Crippen LogP contribution in [0.5, 0.6) is 0 Å². The Morgan fingerprint density at radius 3 is 2.00 bits per heavy atom. The molecule has 0 aromatic heterocycles. The predicted molar refractivity (Wildman–Crippen MR) is 39.7 cm³/mol. The van der Waals surface area contributed by atoms with Crippen LogP contribution in [0.15, 0.2) is 47.9 Å². The second-order valence-corrected chi connectivity index (χ2v) is 2.61. The lowest BCUT2D eigenvalue weighted by Gasteiger charge is -1.87. The number of nitrogens with zero attached hydrogens (tertiary/aromatic N) is 1. The van der Waals surface area contributed by atoms with Crippen molar-refractivity contribution in [3.8, 4) is 0 Å². The van der Waals surface area contributed by atoms with Gasteiger partial charge in [-0.05, 0) is 0 Å². The number of hydrogen-bond acceptors (Lipinski definition) is 0. The van der Waals surface area contributed by atoms with Gasteiger partial charge in [0.2, 0.25) is 17.1 Å². The molecule has 0 saturated carbocycles. The SMILES string of the molecule is C1=CC2=[N+]3C1=CC=C3C=C2. The molecule has 0 atom stereocenters. The first-order chi connectivity index (χ1) is 4.95. The number of hydrogen-bond donors (Lipinski definition) is 0. The average molecular weight is 128 g/mol. The molecule has 0 fully saturated rings. The van der Waals surface area contributed by atoms with E-state index in [0.717, 1.165) is 0 Å². The van der Waals surface area contributed by atoms with Crippen molar-refractivity contribution in [2.24, 2.45) is 0 Å². The van der Waals surface area contributed by atoms with Crippen LogP contribution in [0, 0.1) is 0 Å². The van der Waals surface area contributed by atoms with E-state index in [1.165, 1.54) is 17.1 Å². The van der Waals surface area contributed by atoms with E-state index in [1.807, 2.05) is 0 Å². The van der Waals surface area contributed by atoms with E-state index in [9.17, 15) is 0 Å². The lowest BCUT2D eigenvalue weighted by atomic mass is 10.3. The van der Waals surface area contributed by atoms with Gasteiger partial charge in [-0.2, -0.15) is 4.58 Å². The van der Waals surface area contributed by atoms with Crippen molar-refractivity contribution in [3.05, 3.63) is 47.9 Å². The van der Waals surface area contributed by atoms with Crippen LogP contribution in [-0.4, -0.2) is 10.3 Å². The van der Waals surface area contributed by atoms with E-state index in [4.69, 9.17) is 0 Å². The summed E-state index contributed by atoms with van der Waals surface area (Å²) in [6.07, 6.45) is 12.8. The van der Waals surface area contributed by atoms with Gasteiger partial charge in [0.05, 0.1) is 0 Å². The van der Waals surface area contributed by atoms with Crippen molar-refractivity contribution in [1.82, 2.24) is 0 Å². The summed E-state index contributed by atoms with van der Waals surface area (Å²) in [7, 11) is 0. The molecule has 3 heterocycles. The Bertz CT molecular complexity index is 328. The van der Waals surface area contributed by atoms with Gasteiger partial charge >= 0.3 is 0 Å². The van der Waals surface area contributed by atoms with Gasteiger partial charge in [-0.3, -0.25) is 0 Å². The minimum absolute atomic E-state index is 1.30. The molecule has 0 aromatic rings. The van der Waals surface area contributed by atoms with Crippen LogP contribution in [0.4, 0.5) is 0 Å². The number of allylic oxidation sites excluding steroid dienone is 6. The zero-order valence-electron chi connectivity index (χ0n) is 5.41. The molecule has 0 N–H and O–H groups in total. The van der Waals surface area contributed by atoms with E-state index in [-0.39, 0.29) is 0 Å². The fourth-order valence-corrected chi connectivity index (χ4v) is 1.57. The highest BCUT2D eigenvalue weighted by molar-refractivity contribution is 6.04. The van der Waals surface area contributed by atoms with Gasteiger partial charge in [-0.15, -0.1) is 0 Å². The normalized spacial score (nSPS) is 24.0. The fourth-order valence-electron chi connectivity index (χ4n) is 1.57. The van der Waals surface area contributed by atoms with Crippen LogP contribution in [0.25, 0.3) is 0 Å². The molecule has 1 heteroatoms. The van der Waals surface area contributed by atoms with E-state index >= 15 is 0 Å². The quantitative estimate of drug-likeness (QED) is 0.433. The van der Waals surface area contributed by atoms with Crippen molar-refractivity contribution in [2.45, 2.75) is 0 Å². The summed E-state index contributed by atoms with van der Waals surface area (Å²) in [5.41, 5.74) is 3.90. The van der Waals surface area contributed by atoms with Crippen molar-refractivity contribution in [3.63, 3.8) is 0 Å². The minimum Gasteiger partial charge on any atom is -0.154 e. The summed E-state index contributed by atoms with van der Waals surface area (Å²) < 4.78 is 2.25. The van der Waals surface area contributed by atoms with Gasteiger partial charge in [0.25, 0.3) is 0 Å². The van der Waals surface area contributed by atoms with E-state index < -0.39 is 0 Å². The third kappa shape index (κ3) is 0.320. The zero-order valence-corrected chi connectivity index (χ0v) is 5.41. The Kier molecular flexibility index (Phi) is 0.539. The maximum absolute atomic E-state index is 2.25. The second-order valence-electron chi connectivity index (χ2n) is 2.61. The van der Waals surface area contributed by atoms with Gasteiger partial charge in [0.1, 0.15) is 0 Å². The molecule has 46 valence electrons. The first-order valence-electron chi connectivity index (χ1n) is 3.40. The van der Waals surface area contributed by atoms with Crippen LogP contribution < -0.4 is 0 Å². The molecular weight excluding hydrogens is 122 g/mol. The Labute approximate surface area is 59.0 Å². The summed E-state index contributed by atoms with van der Waals surface area (Å²) in [6, 6.07) is 0. The molecule has 10 heavy (non-hydrogen) atoms. The molecule has 0 amide bonds. The first-order valence-corrected chi connectivity index (χ1v) is 3.40. The third-order valence-corrected chi connectivity index (χ3v) is 2.05. The lowest BCUT2D eigenvalue weighted by molar-refractivity contribution is -0.398. The molecule has 0 saturated heterocycles. The van der Waals surface area contributed by atoms with Crippen LogP contribution in [0.3, 0.4) is 0 Å². The number of rotatable bonds is 0. The maximum atomic E-state index is 2.25. The molecule has 3 aliphatic heterocycles. The van der Waals surface area contributed by atoms with Crippen LogP contribution in [0.2, 0.25) is 0 Å². The van der Waals surface area contributed by atoms with Crippen LogP contribution in [0.1, 0.15) is 0 Å². The predicted octanol–water partition coefficient (Wildman–Crippen LogP) is 1.36. The Balaban J connectivity index is 2.43. The molecule has 0 bridgehead atoms. The molecule has 3 aliphatic rings. The molecule has 0 unspecified atom stereocenters. The minimum atomic E-state index is 1.30. The highest BCUT2D eigenvalue weighted by Crippen LogP contribution is 2.26. The summed E-state index contributed by atoms with van der Waals surface area (Å²) in [4.78, 5) is 0. The third-order valence-electron chi connectivity index (χ3n) is 2.05. The first kappa shape index (κ1) is 4.45. The Morgan fingerprint density at radius 1 is 0.800 bits per heavy atom. The standard InChI is InChI=1S/C9H6N/c1-2-8-5-6-9-4-3-7(1)10(8)9/h1-6H/q+1. The lowest BCUT2D eigenvalue weighted by Crippen LogP contribution is -2.02. The molecule has 0 aliphatic carbocycles. The van der Waals surface area contributed by atoms with Crippen molar-refractivity contribution in [1.29, 1.82) is 0 Å². The smallest absolute Gasteiger partial charge is 0.154 e. The van der Waals surface area contributed by atoms with E-state index in [2.05, 4.69) is 41.0 Å². The monoisotopic (exact) mass is 128 g/mol. The molecular formula is C9H6N+. The largest absolute Gasteiger partial charge is 0.212 e. The van der Waals surface area contributed by atoms with Crippen molar-refractivity contribution < 1.29 is 4.58 Å². The average Bonchev–Trinajstić information content (AvgIpc) is 2.56. The van der Waals surface area contributed by atoms with Crippen LogP contribution in [-0.2, 0) is 0 Å². The van der Waals surface area contributed by atoms with Crippen molar-refractivity contribution in [2.75, 3.05) is 0 Å². The topological polar surface area (TPSA) is 3.01 Å². The Hall–Kier alpha value is -1.37. The highest BCUT2D eigenvalue weighted by Gasteiger charge is 2.31. The molecule has 0 aromatic carbocycles. The van der Waals surface area contributed by atoms with E-state index in [0.29, 0.717) is 0 Å². The second kappa shape index (κ2) is 1.21. The van der Waals surface area contributed by atoms with Crippen molar-refractivity contribution >= 4 is 5.71 Å². The van der Waals surface area contributed by atoms with Gasteiger partial charge in [-0.25, -0.2) is 0 Å². The summed E-state index contributed by atoms with van der Waals surface area (Å²) in [5.74, 6) is 0. The van der Waals surface area contributed by atoms with E-state index in [1.54, 1.807) is 0 Å². The molecule has 0 radical (unpaired) electrons. The maximum Gasteiger partial charge on any atom is 0.212 e. The molecule has 0 spiro atoms. The Morgan fingerprint density at radius 2 is 1.40 bits per heavy atom. The highest BCUT2D eigenvalue weighted by atomic mass is 15.1. The van der Waals surface area contributed by atoms with Gasteiger partial charge in [-0.1, -0.05) is 0 Å². The zero-order chi connectivity index (χ0) is 6.55.